The number of benzene rings is 2. The van der Waals surface area contributed by atoms with Crippen LogP contribution in [0.1, 0.15) is 5.56 Å². The highest BCUT2D eigenvalue weighted by Gasteiger charge is 2.10. The van der Waals surface area contributed by atoms with Crippen molar-refractivity contribution in [3.05, 3.63) is 62.8 Å². The number of Topliss-reactive ketones (excluding diaryl/α,β-unsaturated/α-hetero) is 1. The van der Waals surface area contributed by atoms with E-state index in [0.717, 1.165) is 8.95 Å². The summed E-state index contributed by atoms with van der Waals surface area (Å²) in [5.74, 6) is 0.0330. The van der Waals surface area contributed by atoms with Crippen molar-refractivity contribution in [2.75, 3.05) is 6.61 Å². The summed E-state index contributed by atoms with van der Waals surface area (Å²) in [6.07, 6.45) is 0.0286. The molecule has 0 spiro atoms. The van der Waals surface area contributed by atoms with Crippen molar-refractivity contribution in [2.45, 2.75) is 6.42 Å². The largest absolute Gasteiger partial charge is 0.485 e. The van der Waals surface area contributed by atoms with Crippen LogP contribution in [0.3, 0.4) is 0 Å². The van der Waals surface area contributed by atoms with Gasteiger partial charge in [0.2, 0.25) is 0 Å². The average Bonchev–Trinajstić information content (AvgIpc) is 2.40. The summed E-state index contributed by atoms with van der Waals surface area (Å²) in [4.78, 5) is 11.8. The Labute approximate surface area is 133 Å². The molecule has 0 unspecified atom stereocenters. The number of carbonyl (C=O) groups excluding carboxylic acids is 1. The van der Waals surface area contributed by atoms with E-state index < -0.39 is 0 Å². The Kier molecular flexibility index (Phi) is 5.31. The smallest absolute Gasteiger partial charge is 0.174 e. The van der Waals surface area contributed by atoms with Crippen LogP contribution < -0.4 is 4.74 Å². The van der Waals surface area contributed by atoms with E-state index >= 15 is 0 Å². The second-order valence-electron chi connectivity index (χ2n) is 4.17. The fourth-order valence-electron chi connectivity index (χ4n) is 1.66. The van der Waals surface area contributed by atoms with Crippen LogP contribution in [0, 0.1) is 5.82 Å². The topological polar surface area (TPSA) is 26.3 Å². The van der Waals surface area contributed by atoms with Gasteiger partial charge < -0.3 is 4.74 Å². The molecule has 20 heavy (non-hydrogen) atoms. The van der Waals surface area contributed by atoms with Crippen LogP contribution in [0.25, 0.3) is 0 Å². The number of ether oxygens (including phenoxy) is 1. The summed E-state index contributed by atoms with van der Waals surface area (Å²) in [6.45, 7) is -0.0887. The van der Waals surface area contributed by atoms with Crippen molar-refractivity contribution in [1.29, 1.82) is 0 Å². The summed E-state index contributed by atoms with van der Waals surface area (Å²) in [5.41, 5.74) is 0.385. The molecule has 2 aromatic carbocycles. The molecule has 0 saturated heterocycles. The lowest BCUT2D eigenvalue weighted by Crippen LogP contribution is -2.14. The first-order valence-corrected chi connectivity index (χ1v) is 7.48. The van der Waals surface area contributed by atoms with Crippen LogP contribution in [0.15, 0.2) is 51.4 Å². The van der Waals surface area contributed by atoms with Crippen LogP contribution in [0.2, 0.25) is 0 Å². The lowest BCUT2D eigenvalue weighted by atomic mass is 10.1. The minimum absolute atomic E-state index is 0.0286. The van der Waals surface area contributed by atoms with Crippen molar-refractivity contribution < 1.29 is 13.9 Å². The Hall–Kier alpha value is -1.20. The Morgan fingerprint density at radius 1 is 1.15 bits per heavy atom. The molecule has 0 aliphatic rings. The predicted octanol–water partition coefficient (Wildman–Crippen LogP) is 4.54. The van der Waals surface area contributed by atoms with E-state index in [1.807, 2.05) is 12.1 Å². The van der Waals surface area contributed by atoms with Gasteiger partial charge >= 0.3 is 0 Å². The zero-order valence-corrected chi connectivity index (χ0v) is 13.6. The fraction of sp³-hybridized carbons (Fsp3) is 0.133. The Balaban J connectivity index is 1.94. The summed E-state index contributed by atoms with van der Waals surface area (Å²) < 4.78 is 20.5. The van der Waals surface area contributed by atoms with E-state index in [1.165, 1.54) is 6.07 Å². The Bertz CT molecular complexity index is 629. The molecule has 0 aliphatic carbocycles. The normalized spacial score (nSPS) is 10.3. The molecule has 2 nitrogen and oxygen atoms in total. The van der Waals surface area contributed by atoms with Crippen LogP contribution in [-0.2, 0) is 11.2 Å². The molecule has 5 heteroatoms. The highest BCUT2D eigenvalue weighted by atomic mass is 79.9. The first-order chi connectivity index (χ1) is 9.56. The van der Waals surface area contributed by atoms with Gasteiger partial charge in [0.1, 0.15) is 18.2 Å². The van der Waals surface area contributed by atoms with Gasteiger partial charge in [-0.15, -0.1) is 0 Å². The summed E-state index contributed by atoms with van der Waals surface area (Å²) >= 11 is 6.68. The van der Waals surface area contributed by atoms with Crippen LogP contribution >= 0.6 is 31.9 Å². The van der Waals surface area contributed by atoms with Crippen molar-refractivity contribution in [3.8, 4) is 5.75 Å². The molecule has 0 radical (unpaired) electrons. The minimum Gasteiger partial charge on any atom is -0.485 e. The van der Waals surface area contributed by atoms with Gasteiger partial charge in [0.05, 0.1) is 4.47 Å². The number of ketones is 1. The second kappa shape index (κ2) is 6.99. The quantitative estimate of drug-likeness (QED) is 0.735. The third-order valence-electron chi connectivity index (χ3n) is 2.63. The summed E-state index contributed by atoms with van der Waals surface area (Å²) in [6, 6.07) is 11.6. The highest BCUT2D eigenvalue weighted by molar-refractivity contribution is 9.11. The molecule has 2 rings (SSSR count). The lowest BCUT2D eigenvalue weighted by Gasteiger charge is -2.08. The zero-order valence-electron chi connectivity index (χ0n) is 10.4. The SMILES string of the molecule is O=C(COc1ccc(Br)cc1Br)Cc1ccccc1F. The van der Waals surface area contributed by atoms with Gasteiger partial charge in [-0.1, -0.05) is 34.1 Å². The number of hydrogen-bond donors (Lipinski definition) is 0. The molecular formula is C15H11Br2FO2. The molecule has 0 fully saturated rings. The lowest BCUT2D eigenvalue weighted by molar-refractivity contribution is -0.120. The standard InChI is InChI=1S/C15H11Br2FO2/c16-11-5-6-15(13(17)8-11)20-9-12(19)7-10-3-1-2-4-14(10)18/h1-6,8H,7,9H2. The number of halogens is 3. The van der Waals surface area contributed by atoms with Crippen LogP contribution in [-0.4, -0.2) is 12.4 Å². The average molecular weight is 402 g/mol. The van der Waals surface area contributed by atoms with Crippen molar-refractivity contribution in [2.24, 2.45) is 0 Å². The predicted molar refractivity (Wildman–Crippen MR) is 82.4 cm³/mol. The van der Waals surface area contributed by atoms with Gasteiger partial charge in [0.25, 0.3) is 0 Å². The molecule has 0 aromatic heterocycles. The molecule has 2 aromatic rings. The third kappa shape index (κ3) is 4.15. The molecule has 104 valence electrons. The second-order valence-corrected chi connectivity index (χ2v) is 5.94. The first-order valence-electron chi connectivity index (χ1n) is 5.89. The van der Waals surface area contributed by atoms with Crippen LogP contribution in [0.4, 0.5) is 4.39 Å². The molecule has 0 heterocycles. The van der Waals surface area contributed by atoms with Gasteiger partial charge in [-0.05, 0) is 45.8 Å². The Morgan fingerprint density at radius 2 is 1.90 bits per heavy atom. The summed E-state index contributed by atoms with van der Waals surface area (Å²) in [7, 11) is 0. The summed E-state index contributed by atoms with van der Waals surface area (Å²) in [5, 5.41) is 0. The van der Waals surface area contributed by atoms with E-state index in [2.05, 4.69) is 31.9 Å². The Morgan fingerprint density at radius 3 is 2.60 bits per heavy atom. The van der Waals surface area contributed by atoms with Gasteiger partial charge in [0.15, 0.2) is 5.78 Å². The molecular weight excluding hydrogens is 391 g/mol. The molecule has 0 aliphatic heterocycles. The maximum Gasteiger partial charge on any atom is 0.174 e. The van der Waals surface area contributed by atoms with E-state index in [1.54, 1.807) is 24.3 Å². The number of rotatable bonds is 5. The fourth-order valence-corrected chi connectivity index (χ4v) is 2.82. The van der Waals surface area contributed by atoms with Gasteiger partial charge in [0, 0.05) is 10.9 Å². The zero-order chi connectivity index (χ0) is 14.5. The van der Waals surface area contributed by atoms with E-state index in [-0.39, 0.29) is 24.6 Å². The van der Waals surface area contributed by atoms with Crippen molar-refractivity contribution in [3.63, 3.8) is 0 Å². The third-order valence-corrected chi connectivity index (χ3v) is 3.74. The maximum atomic E-state index is 13.4. The molecule has 0 N–H and O–H groups in total. The number of carbonyl (C=O) groups is 1. The highest BCUT2D eigenvalue weighted by Crippen LogP contribution is 2.28. The van der Waals surface area contributed by atoms with Gasteiger partial charge in [-0.25, -0.2) is 4.39 Å². The first kappa shape index (κ1) is 15.2. The van der Waals surface area contributed by atoms with E-state index in [0.29, 0.717) is 11.3 Å². The minimum atomic E-state index is -0.370. The van der Waals surface area contributed by atoms with E-state index in [9.17, 15) is 9.18 Å². The molecule has 0 bridgehead atoms. The van der Waals surface area contributed by atoms with Gasteiger partial charge in [-0.3, -0.25) is 4.79 Å². The monoisotopic (exact) mass is 400 g/mol. The maximum absolute atomic E-state index is 13.4. The van der Waals surface area contributed by atoms with Crippen molar-refractivity contribution in [1.82, 2.24) is 0 Å². The van der Waals surface area contributed by atoms with E-state index in [4.69, 9.17) is 4.74 Å². The van der Waals surface area contributed by atoms with Crippen LogP contribution in [0.5, 0.6) is 5.75 Å². The molecule has 0 saturated carbocycles. The molecule has 0 atom stereocenters. The van der Waals surface area contributed by atoms with Gasteiger partial charge in [-0.2, -0.15) is 0 Å². The molecule has 0 amide bonds. The van der Waals surface area contributed by atoms with Crippen molar-refractivity contribution >= 4 is 37.6 Å². The number of hydrogen-bond acceptors (Lipinski definition) is 2.